The fourth-order valence-corrected chi connectivity index (χ4v) is 9.72. The lowest BCUT2D eigenvalue weighted by Crippen LogP contribution is -2.30. The van der Waals surface area contributed by atoms with Crippen molar-refractivity contribution in [2.45, 2.75) is 113 Å². The third kappa shape index (κ3) is 4.06. The van der Waals surface area contributed by atoms with Crippen molar-refractivity contribution in [3.05, 3.63) is 4.91 Å². The van der Waals surface area contributed by atoms with Crippen molar-refractivity contribution >= 4 is 7.92 Å². The minimum absolute atomic E-state index is 0.149. The van der Waals surface area contributed by atoms with Gasteiger partial charge >= 0.3 is 0 Å². The average Bonchev–Trinajstić information content (AvgIpc) is 2.58. The van der Waals surface area contributed by atoms with Crippen LogP contribution in [0, 0.1) is 4.91 Å². The quantitative estimate of drug-likeness (QED) is 0.448. The molecule has 0 amide bonds. The molecule has 0 aromatic rings. The highest BCUT2D eigenvalue weighted by Gasteiger charge is 2.37. The van der Waals surface area contributed by atoms with E-state index in [1.165, 1.54) is 77.0 Å². The van der Waals surface area contributed by atoms with E-state index in [4.69, 9.17) is 0 Å². The van der Waals surface area contributed by atoms with Crippen molar-refractivity contribution < 1.29 is 0 Å². The van der Waals surface area contributed by atoms with Gasteiger partial charge in [-0.3, -0.25) is 0 Å². The molecular formula is C18H32NOP. The monoisotopic (exact) mass is 309 g/mol. The molecule has 0 saturated heterocycles. The van der Waals surface area contributed by atoms with E-state index in [0.29, 0.717) is 0 Å². The van der Waals surface area contributed by atoms with Crippen LogP contribution >= 0.6 is 7.92 Å². The lowest BCUT2D eigenvalue weighted by atomic mass is 9.95. The van der Waals surface area contributed by atoms with Gasteiger partial charge in [0, 0.05) is 0 Å². The van der Waals surface area contributed by atoms with Crippen molar-refractivity contribution in [2.24, 2.45) is 5.18 Å². The van der Waals surface area contributed by atoms with Crippen molar-refractivity contribution in [2.75, 3.05) is 0 Å². The van der Waals surface area contributed by atoms with Crippen molar-refractivity contribution in [1.82, 2.24) is 0 Å². The van der Waals surface area contributed by atoms with Crippen LogP contribution in [0.5, 0.6) is 0 Å². The largest absolute Gasteiger partial charge is 0.151 e. The van der Waals surface area contributed by atoms with Crippen LogP contribution in [0.25, 0.3) is 0 Å². The molecule has 3 aliphatic carbocycles. The Hall–Kier alpha value is 0.0300. The van der Waals surface area contributed by atoms with Crippen LogP contribution < -0.4 is 0 Å². The molecule has 0 unspecified atom stereocenters. The fraction of sp³-hybridized carbons (Fsp3) is 1.00. The number of hydrogen-bond donors (Lipinski definition) is 0. The highest BCUT2D eigenvalue weighted by atomic mass is 31.1. The van der Waals surface area contributed by atoms with E-state index in [0.717, 1.165) is 29.8 Å². The Bertz CT molecular complexity index is 297. The average molecular weight is 309 g/mol. The Morgan fingerprint density at radius 2 is 1.00 bits per heavy atom. The summed E-state index contributed by atoms with van der Waals surface area (Å²) < 4.78 is 0. The maximum Gasteiger partial charge on any atom is 0.0920 e. The molecule has 0 aliphatic heterocycles. The number of rotatable bonds is 4. The number of nitroso groups, excluding NO2 is 1. The lowest BCUT2D eigenvalue weighted by molar-refractivity contribution is 0.429. The predicted molar refractivity (Wildman–Crippen MR) is 92.5 cm³/mol. The zero-order valence-electron chi connectivity index (χ0n) is 13.5. The first-order valence-electron chi connectivity index (χ1n) is 9.48. The van der Waals surface area contributed by atoms with Crippen LogP contribution in [-0.2, 0) is 0 Å². The topological polar surface area (TPSA) is 29.4 Å². The summed E-state index contributed by atoms with van der Waals surface area (Å²) >= 11 is 0. The second-order valence-corrected chi connectivity index (χ2v) is 10.7. The smallest absolute Gasteiger partial charge is 0.0920 e. The molecule has 3 heteroatoms. The summed E-state index contributed by atoms with van der Waals surface area (Å²) in [7, 11) is 0.217. The normalized spacial score (nSPS) is 33.2. The van der Waals surface area contributed by atoms with Crippen LogP contribution in [0.2, 0.25) is 0 Å². The molecule has 3 fully saturated rings. The van der Waals surface area contributed by atoms with Gasteiger partial charge in [0.2, 0.25) is 0 Å². The Morgan fingerprint density at radius 1 is 0.571 bits per heavy atom. The molecule has 0 bridgehead atoms. The summed E-state index contributed by atoms with van der Waals surface area (Å²) in [4.78, 5) is 10.8. The highest BCUT2D eigenvalue weighted by Crippen LogP contribution is 2.61. The summed E-state index contributed by atoms with van der Waals surface area (Å²) in [5.74, 6) is 0. The van der Waals surface area contributed by atoms with Gasteiger partial charge in [-0.1, -0.05) is 51.6 Å². The van der Waals surface area contributed by atoms with E-state index in [9.17, 15) is 4.91 Å². The van der Waals surface area contributed by atoms with Crippen LogP contribution in [-0.4, -0.2) is 23.0 Å². The molecule has 120 valence electrons. The highest BCUT2D eigenvalue weighted by molar-refractivity contribution is 7.60. The zero-order valence-corrected chi connectivity index (χ0v) is 14.4. The van der Waals surface area contributed by atoms with Gasteiger partial charge in [0.1, 0.15) is 0 Å². The summed E-state index contributed by atoms with van der Waals surface area (Å²) in [5, 5.41) is 3.32. The maximum atomic E-state index is 10.8. The molecule has 0 N–H and O–H groups in total. The minimum atomic E-state index is 0.149. The van der Waals surface area contributed by atoms with Gasteiger partial charge in [-0.15, -0.1) is 0 Å². The molecular weight excluding hydrogens is 277 g/mol. The second-order valence-electron chi connectivity index (χ2n) is 7.60. The van der Waals surface area contributed by atoms with Crippen LogP contribution in [0.15, 0.2) is 5.18 Å². The van der Waals surface area contributed by atoms with Crippen molar-refractivity contribution in [3.8, 4) is 0 Å². The summed E-state index contributed by atoms with van der Waals surface area (Å²) in [5.41, 5.74) is 3.12. The van der Waals surface area contributed by atoms with Gasteiger partial charge in [0.15, 0.2) is 0 Å². The van der Waals surface area contributed by atoms with Crippen molar-refractivity contribution in [1.29, 1.82) is 0 Å². The van der Waals surface area contributed by atoms with E-state index in [-0.39, 0.29) is 14.0 Å². The van der Waals surface area contributed by atoms with Crippen LogP contribution in [0.3, 0.4) is 0 Å². The zero-order chi connectivity index (χ0) is 14.5. The standard InChI is InChI=1S/C18H32NOP/c20-19-15-11-13-18(14-12-15)21(16-7-3-1-4-8-16)17-9-5-2-6-10-17/h15-18H,1-14H2. The Kier molecular flexibility index (Phi) is 6.09. The Morgan fingerprint density at radius 3 is 1.43 bits per heavy atom. The van der Waals surface area contributed by atoms with Crippen LogP contribution in [0.4, 0.5) is 0 Å². The van der Waals surface area contributed by atoms with E-state index >= 15 is 0 Å². The van der Waals surface area contributed by atoms with Gasteiger partial charge in [0.25, 0.3) is 0 Å². The molecule has 0 aromatic carbocycles. The predicted octanol–water partition coefficient (Wildman–Crippen LogP) is 6.21. The van der Waals surface area contributed by atoms with Gasteiger partial charge in [0.05, 0.1) is 6.04 Å². The maximum absolute atomic E-state index is 10.8. The number of nitrogens with zero attached hydrogens (tertiary/aromatic N) is 1. The molecule has 0 aromatic heterocycles. The molecule has 0 atom stereocenters. The fourth-order valence-electron chi connectivity index (χ4n) is 5.11. The molecule has 2 nitrogen and oxygen atoms in total. The Balaban J connectivity index is 1.67. The Labute approximate surface area is 131 Å². The third-order valence-electron chi connectivity index (χ3n) is 6.23. The van der Waals surface area contributed by atoms with Crippen molar-refractivity contribution in [3.63, 3.8) is 0 Å². The molecule has 3 saturated carbocycles. The lowest BCUT2D eigenvalue weighted by Gasteiger charge is -2.44. The van der Waals surface area contributed by atoms with E-state index in [2.05, 4.69) is 5.18 Å². The summed E-state index contributed by atoms with van der Waals surface area (Å²) in [6.45, 7) is 0. The van der Waals surface area contributed by atoms with Gasteiger partial charge < -0.3 is 0 Å². The molecule has 0 heterocycles. The van der Waals surface area contributed by atoms with E-state index in [1.807, 2.05) is 0 Å². The number of hydrogen-bond acceptors (Lipinski definition) is 2. The molecule has 0 spiro atoms. The molecule has 3 aliphatic rings. The van der Waals surface area contributed by atoms with Gasteiger partial charge in [-0.2, -0.15) is 4.91 Å². The van der Waals surface area contributed by atoms with Gasteiger partial charge in [-0.25, -0.2) is 0 Å². The van der Waals surface area contributed by atoms with E-state index < -0.39 is 0 Å². The molecule has 21 heavy (non-hydrogen) atoms. The van der Waals surface area contributed by atoms with Gasteiger partial charge in [-0.05, 0) is 68.3 Å². The molecule has 0 radical (unpaired) electrons. The summed E-state index contributed by atoms with van der Waals surface area (Å²) in [6, 6.07) is 0.149. The molecule has 3 rings (SSSR count). The summed E-state index contributed by atoms with van der Waals surface area (Å²) in [6.07, 6.45) is 19.8. The second kappa shape index (κ2) is 8.04. The van der Waals surface area contributed by atoms with E-state index in [1.54, 1.807) is 0 Å². The SMILES string of the molecule is O=NC1CCC(P(C2CCCCC2)C2CCCCC2)CC1. The third-order valence-corrected chi connectivity index (χ3v) is 10.3. The van der Waals surface area contributed by atoms with Crippen LogP contribution in [0.1, 0.15) is 89.9 Å². The first kappa shape index (κ1) is 15.9. The first-order chi connectivity index (χ1) is 10.4. The first-order valence-corrected chi connectivity index (χ1v) is 11.0. The minimum Gasteiger partial charge on any atom is -0.151 e.